The zero-order valence-corrected chi connectivity index (χ0v) is 11.9. The van der Waals surface area contributed by atoms with Crippen molar-refractivity contribution in [2.75, 3.05) is 5.32 Å². The molecule has 7 heteroatoms. The maximum absolute atomic E-state index is 5.50. The third-order valence-electron chi connectivity index (χ3n) is 1.96. The average Bonchev–Trinajstić information content (AvgIpc) is 2.73. The lowest BCUT2D eigenvalue weighted by Gasteiger charge is -2.04. The normalized spacial score (nSPS) is 10.2. The summed E-state index contributed by atoms with van der Waals surface area (Å²) in [7, 11) is 0. The van der Waals surface area contributed by atoms with Crippen molar-refractivity contribution in [3.8, 4) is 0 Å². The number of hydrogen-bond acceptors (Lipinski definition) is 5. The van der Waals surface area contributed by atoms with Crippen LogP contribution in [-0.4, -0.2) is 15.0 Å². The summed E-state index contributed by atoms with van der Waals surface area (Å²) in [5.74, 6) is 0.528. The van der Waals surface area contributed by atoms with Gasteiger partial charge in [0.1, 0.15) is 10.7 Å². The highest BCUT2D eigenvalue weighted by Gasteiger charge is 2.02. The zero-order chi connectivity index (χ0) is 12.3. The van der Waals surface area contributed by atoms with Crippen LogP contribution in [0.25, 0.3) is 0 Å². The summed E-state index contributed by atoms with van der Waals surface area (Å²) in [6.45, 7) is 0.678. The van der Waals surface area contributed by atoms with Crippen LogP contribution >= 0.6 is 39.5 Å². The van der Waals surface area contributed by atoms with Gasteiger partial charge in [-0.1, -0.05) is 12.2 Å². The fourth-order valence-electron chi connectivity index (χ4n) is 1.19. The van der Waals surface area contributed by atoms with Crippen LogP contribution in [0.2, 0.25) is 0 Å². The first-order valence-corrected chi connectivity index (χ1v) is 6.78. The molecule has 0 atom stereocenters. The fourth-order valence-corrected chi connectivity index (χ4v) is 2.73. The summed E-state index contributed by atoms with van der Waals surface area (Å²) in [6.07, 6.45) is 1.63. The largest absolute Gasteiger partial charge is 0.388 e. The van der Waals surface area contributed by atoms with E-state index in [1.54, 1.807) is 23.6 Å². The molecule has 0 spiro atoms. The molecule has 0 radical (unpaired) electrons. The second kappa shape index (κ2) is 5.52. The fraction of sp³-hybridized carbons (Fsp3) is 0.100. The summed E-state index contributed by atoms with van der Waals surface area (Å²) < 4.78 is 1.10. The van der Waals surface area contributed by atoms with E-state index in [9.17, 15) is 0 Å². The second-order valence-corrected chi connectivity index (χ2v) is 6.18. The first-order chi connectivity index (χ1) is 8.15. The SMILES string of the molecule is NC(=S)c1ccnc(NCc2ccc(Br)s2)n1. The van der Waals surface area contributed by atoms with Gasteiger partial charge in [-0.2, -0.15) is 0 Å². The number of nitrogens with two attached hydrogens (primary N) is 1. The number of halogens is 1. The van der Waals surface area contributed by atoms with Gasteiger partial charge in [0.15, 0.2) is 0 Å². The maximum Gasteiger partial charge on any atom is 0.223 e. The van der Waals surface area contributed by atoms with Crippen molar-refractivity contribution in [2.24, 2.45) is 5.73 Å². The Bertz CT molecular complexity index is 541. The summed E-state index contributed by atoms with van der Waals surface area (Å²) in [5.41, 5.74) is 6.08. The van der Waals surface area contributed by atoms with Crippen LogP contribution in [0.3, 0.4) is 0 Å². The Morgan fingerprint density at radius 2 is 2.29 bits per heavy atom. The third-order valence-corrected chi connectivity index (χ3v) is 3.79. The lowest BCUT2D eigenvalue weighted by molar-refractivity contribution is 1.06. The van der Waals surface area contributed by atoms with E-state index >= 15 is 0 Å². The summed E-state index contributed by atoms with van der Waals surface area (Å²) in [5, 5.41) is 3.12. The van der Waals surface area contributed by atoms with Gasteiger partial charge < -0.3 is 11.1 Å². The van der Waals surface area contributed by atoms with Gasteiger partial charge >= 0.3 is 0 Å². The van der Waals surface area contributed by atoms with E-state index in [0.717, 1.165) is 3.79 Å². The van der Waals surface area contributed by atoms with Crippen LogP contribution in [0.5, 0.6) is 0 Å². The van der Waals surface area contributed by atoms with Crippen molar-refractivity contribution in [3.63, 3.8) is 0 Å². The quantitative estimate of drug-likeness (QED) is 0.844. The summed E-state index contributed by atoms with van der Waals surface area (Å²) in [4.78, 5) is 9.77. The molecular formula is C10H9BrN4S2. The van der Waals surface area contributed by atoms with Gasteiger partial charge in [0.25, 0.3) is 0 Å². The van der Waals surface area contributed by atoms with E-state index in [0.29, 0.717) is 18.2 Å². The molecule has 0 amide bonds. The molecule has 0 aliphatic carbocycles. The average molecular weight is 329 g/mol. The molecule has 2 rings (SSSR count). The molecule has 0 fully saturated rings. The predicted octanol–water partition coefficient (Wildman–Crippen LogP) is 2.55. The number of thiophene rings is 1. The van der Waals surface area contributed by atoms with Gasteiger partial charge in [-0.25, -0.2) is 9.97 Å². The smallest absolute Gasteiger partial charge is 0.223 e. The Balaban J connectivity index is 2.04. The minimum Gasteiger partial charge on any atom is -0.388 e. The molecule has 0 saturated heterocycles. The Labute approximate surface area is 116 Å². The lowest BCUT2D eigenvalue weighted by atomic mass is 10.4. The third kappa shape index (κ3) is 3.45. The van der Waals surface area contributed by atoms with E-state index in [1.807, 2.05) is 12.1 Å². The molecular weight excluding hydrogens is 320 g/mol. The minimum absolute atomic E-state index is 0.273. The van der Waals surface area contributed by atoms with Gasteiger partial charge in [0.2, 0.25) is 5.95 Å². The molecule has 17 heavy (non-hydrogen) atoms. The number of hydrogen-bond donors (Lipinski definition) is 2. The van der Waals surface area contributed by atoms with Crippen molar-refractivity contribution in [2.45, 2.75) is 6.54 Å². The van der Waals surface area contributed by atoms with Crippen molar-refractivity contribution in [1.29, 1.82) is 0 Å². The van der Waals surface area contributed by atoms with Crippen LogP contribution in [0.4, 0.5) is 5.95 Å². The number of nitrogens with zero attached hydrogens (tertiary/aromatic N) is 2. The predicted molar refractivity (Wildman–Crippen MR) is 77.3 cm³/mol. The Morgan fingerprint density at radius 1 is 1.47 bits per heavy atom. The molecule has 0 aliphatic heterocycles. The standard InChI is InChI=1S/C10H9BrN4S2/c11-8-2-1-6(17-8)5-14-10-13-4-3-7(15-10)9(12)16/h1-4H,5H2,(H2,12,16)(H,13,14,15). The molecule has 0 aromatic carbocycles. The van der Waals surface area contributed by atoms with Crippen LogP contribution in [0.1, 0.15) is 10.6 Å². The van der Waals surface area contributed by atoms with Gasteiger partial charge in [-0.05, 0) is 34.1 Å². The van der Waals surface area contributed by atoms with Crippen LogP contribution in [-0.2, 0) is 6.54 Å². The van der Waals surface area contributed by atoms with Crippen molar-refractivity contribution in [3.05, 3.63) is 38.8 Å². The molecule has 0 unspecified atom stereocenters. The molecule has 0 saturated carbocycles. The monoisotopic (exact) mass is 328 g/mol. The highest BCUT2D eigenvalue weighted by Crippen LogP contribution is 2.22. The zero-order valence-electron chi connectivity index (χ0n) is 8.68. The van der Waals surface area contributed by atoms with Crippen molar-refractivity contribution >= 4 is 50.4 Å². The first kappa shape index (κ1) is 12.4. The Kier molecular flexibility index (Phi) is 4.03. The summed E-state index contributed by atoms with van der Waals surface area (Å²) >= 11 is 9.94. The maximum atomic E-state index is 5.50. The highest BCUT2D eigenvalue weighted by molar-refractivity contribution is 9.11. The van der Waals surface area contributed by atoms with Gasteiger partial charge in [-0.15, -0.1) is 11.3 Å². The van der Waals surface area contributed by atoms with Crippen LogP contribution in [0.15, 0.2) is 28.2 Å². The molecule has 2 aromatic rings. The topological polar surface area (TPSA) is 63.8 Å². The molecule has 0 bridgehead atoms. The summed E-state index contributed by atoms with van der Waals surface area (Å²) in [6, 6.07) is 5.74. The minimum atomic E-state index is 0.273. The Hall–Kier alpha value is -1.05. The number of thiocarbonyl (C=S) groups is 1. The molecule has 2 heterocycles. The first-order valence-electron chi connectivity index (χ1n) is 4.76. The van der Waals surface area contributed by atoms with Crippen LogP contribution < -0.4 is 11.1 Å². The van der Waals surface area contributed by atoms with Crippen molar-refractivity contribution < 1.29 is 0 Å². The molecule has 0 aliphatic rings. The second-order valence-electron chi connectivity index (χ2n) is 3.19. The van der Waals surface area contributed by atoms with Crippen LogP contribution in [0, 0.1) is 0 Å². The van der Waals surface area contributed by atoms with Gasteiger partial charge in [-0.3, -0.25) is 0 Å². The van der Waals surface area contributed by atoms with Gasteiger partial charge in [0, 0.05) is 11.1 Å². The number of rotatable bonds is 4. The van der Waals surface area contributed by atoms with E-state index < -0.39 is 0 Å². The Morgan fingerprint density at radius 3 is 2.94 bits per heavy atom. The van der Waals surface area contributed by atoms with E-state index in [4.69, 9.17) is 18.0 Å². The van der Waals surface area contributed by atoms with E-state index in [2.05, 4.69) is 31.2 Å². The number of anilines is 1. The van der Waals surface area contributed by atoms with Gasteiger partial charge in [0.05, 0.1) is 10.3 Å². The molecule has 2 aromatic heterocycles. The molecule has 3 N–H and O–H groups in total. The van der Waals surface area contributed by atoms with E-state index in [-0.39, 0.29) is 4.99 Å². The number of nitrogens with one attached hydrogen (secondary N) is 1. The molecule has 88 valence electrons. The number of aromatic nitrogens is 2. The highest BCUT2D eigenvalue weighted by atomic mass is 79.9. The van der Waals surface area contributed by atoms with Crippen molar-refractivity contribution in [1.82, 2.24) is 9.97 Å². The lowest BCUT2D eigenvalue weighted by Crippen LogP contribution is -2.13. The van der Waals surface area contributed by atoms with E-state index in [1.165, 1.54) is 4.88 Å². The molecule has 4 nitrogen and oxygen atoms in total.